The minimum absolute atomic E-state index is 0.00992. The van der Waals surface area contributed by atoms with Crippen LogP contribution in [0.4, 0.5) is 11.4 Å². The van der Waals surface area contributed by atoms with Gasteiger partial charge in [-0.3, -0.25) is 20.2 Å². The monoisotopic (exact) mass is 438 g/mol. The molecule has 0 saturated heterocycles. The van der Waals surface area contributed by atoms with Gasteiger partial charge >= 0.3 is 9.28 Å². The van der Waals surface area contributed by atoms with Crippen molar-refractivity contribution in [3.8, 4) is 0 Å². The first-order chi connectivity index (χ1) is 14.9. The van der Waals surface area contributed by atoms with Gasteiger partial charge in [-0.05, 0) is 24.6 Å². The molecule has 0 N–H and O–H groups in total. The number of nitro groups is 2. The van der Waals surface area contributed by atoms with Crippen molar-refractivity contribution in [1.82, 2.24) is 0 Å². The number of para-hydroxylation sites is 2. The van der Waals surface area contributed by atoms with Crippen LogP contribution in [0.2, 0.25) is 0 Å². The van der Waals surface area contributed by atoms with Crippen LogP contribution in [0.15, 0.2) is 72.8 Å². The summed E-state index contributed by atoms with van der Waals surface area (Å²) in [6.45, 7) is 2.07. The SMILES string of the molecule is Cc1ccc(C[SiH](OCc2ccccc2[N+](=O)[O-])OCc2ccccc2[N+](=O)[O-])cc1. The lowest BCUT2D eigenvalue weighted by Crippen LogP contribution is -2.26. The van der Waals surface area contributed by atoms with Gasteiger partial charge < -0.3 is 8.85 Å². The topological polar surface area (TPSA) is 105 Å². The van der Waals surface area contributed by atoms with Gasteiger partial charge in [0, 0.05) is 18.2 Å². The number of benzene rings is 3. The molecule has 3 aromatic carbocycles. The van der Waals surface area contributed by atoms with Gasteiger partial charge in [0.05, 0.1) is 34.2 Å². The average molecular weight is 439 g/mol. The molecule has 0 aliphatic carbocycles. The Kier molecular flexibility index (Phi) is 7.60. The number of hydrogen-bond acceptors (Lipinski definition) is 6. The zero-order chi connectivity index (χ0) is 22.2. The summed E-state index contributed by atoms with van der Waals surface area (Å²) in [6, 6.07) is 21.3. The van der Waals surface area contributed by atoms with Crippen molar-refractivity contribution in [2.45, 2.75) is 26.2 Å². The normalized spacial score (nSPS) is 10.9. The smallest absolute Gasteiger partial charge is 0.326 e. The molecule has 3 aromatic rings. The van der Waals surface area contributed by atoms with E-state index in [1.807, 2.05) is 31.2 Å². The van der Waals surface area contributed by atoms with Crippen LogP contribution >= 0.6 is 0 Å². The van der Waals surface area contributed by atoms with Gasteiger partial charge in [-0.15, -0.1) is 0 Å². The third-order valence-corrected chi connectivity index (χ3v) is 6.63. The van der Waals surface area contributed by atoms with Crippen LogP contribution in [0.5, 0.6) is 0 Å². The van der Waals surface area contributed by atoms with E-state index in [1.165, 1.54) is 12.1 Å². The molecule has 0 fully saturated rings. The quantitative estimate of drug-likeness (QED) is 0.261. The Morgan fingerprint density at radius 3 is 1.65 bits per heavy atom. The zero-order valence-electron chi connectivity index (χ0n) is 17.0. The molecule has 0 spiro atoms. The Labute approximate surface area is 181 Å². The molecule has 0 atom stereocenters. The Bertz CT molecular complexity index is 996. The average Bonchev–Trinajstić information content (AvgIpc) is 2.77. The summed E-state index contributed by atoms with van der Waals surface area (Å²) in [5, 5.41) is 22.5. The van der Waals surface area contributed by atoms with Crippen molar-refractivity contribution in [2.75, 3.05) is 0 Å². The van der Waals surface area contributed by atoms with E-state index >= 15 is 0 Å². The van der Waals surface area contributed by atoms with Crippen LogP contribution in [0.1, 0.15) is 22.3 Å². The maximum Gasteiger partial charge on any atom is 0.326 e. The fraction of sp³-hybridized carbons (Fsp3) is 0.182. The fourth-order valence-electron chi connectivity index (χ4n) is 3.07. The predicted octanol–water partition coefficient (Wildman–Crippen LogP) is 4.55. The highest BCUT2D eigenvalue weighted by molar-refractivity contribution is 6.43. The van der Waals surface area contributed by atoms with E-state index in [0.717, 1.165) is 11.1 Å². The number of rotatable bonds is 10. The first-order valence-electron chi connectivity index (χ1n) is 9.67. The van der Waals surface area contributed by atoms with Gasteiger partial charge in [0.2, 0.25) is 0 Å². The molecule has 0 radical (unpaired) electrons. The maximum atomic E-state index is 11.3. The van der Waals surface area contributed by atoms with Crippen molar-refractivity contribution in [2.24, 2.45) is 0 Å². The van der Waals surface area contributed by atoms with E-state index in [0.29, 0.717) is 17.2 Å². The standard InChI is InChI=1S/C22H22N2O6Si/c1-17-10-12-18(13-11-17)16-31(29-14-19-6-2-4-8-21(19)23(25)26)30-15-20-7-3-5-9-22(20)24(27)28/h2-13,31H,14-16H2,1H3. The van der Waals surface area contributed by atoms with Crippen LogP contribution in [-0.4, -0.2) is 19.1 Å². The van der Waals surface area contributed by atoms with E-state index in [2.05, 4.69) is 0 Å². The van der Waals surface area contributed by atoms with Gasteiger partial charge in [-0.1, -0.05) is 54.1 Å². The van der Waals surface area contributed by atoms with Crippen LogP contribution in [0.3, 0.4) is 0 Å². The number of nitro benzene ring substituents is 2. The summed E-state index contributed by atoms with van der Waals surface area (Å²) < 4.78 is 12.0. The van der Waals surface area contributed by atoms with E-state index in [4.69, 9.17) is 8.85 Å². The van der Waals surface area contributed by atoms with E-state index in [1.54, 1.807) is 36.4 Å². The Morgan fingerprint density at radius 1 is 0.742 bits per heavy atom. The summed E-state index contributed by atoms with van der Waals surface area (Å²) in [4.78, 5) is 21.7. The summed E-state index contributed by atoms with van der Waals surface area (Å²) in [5.41, 5.74) is 3.05. The zero-order valence-corrected chi connectivity index (χ0v) is 18.1. The second-order valence-corrected chi connectivity index (χ2v) is 8.95. The lowest BCUT2D eigenvalue weighted by molar-refractivity contribution is -0.385. The van der Waals surface area contributed by atoms with Gasteiger partial charge in [-0.2, -0.15) is 0 Å². The van der Waals surface area contributed by atoms with Crippen molar-refractivity contribution < 1.29 is 18.7 Å². The molecule has 3 rings (SSSR count). The lowest BCUT2D eigenvalue weighted by Gasteiger charge is -2.17. The van der Waals surface area contributed by atoms with Gasteiger partial charge in [0.1, 0.15) is 0 Å². The molecule has 0 saturated carbocycles. The molecular weight excluding hydrogens is 416 g/mol. The van der Waals surface area contributed by atoms with Crippen LogP contribution in [0, 0.1) is 27.2 Å². The highest BCUT2D eigenvalue weighted by Gasteiger charge is 2.21. The summed E-state index contributed by atoms with van der Waals surface area (Å²) in [7, 11) is -2.36. The first-order valence-corrected chi connectivity index (χ1v) is 11.4. The molecule has 0 bridgehead atoms. The lowest BCUT2D eigenvalue weighted by atomic mass is 10.2. The van der Waals surface area contributed by atoms with Crippen molar-refractivity contribution in [3.63, 3.8) is 0 Å². The Hall–Kier alpha value is -3.40. The fourth-order valence-corrected chi connectivity index (χ4v) is 4.79. The maximum absolute atomic E-state index is 11.3. The van der Waals surface area contributed by atoms with Gasteiger partial charge in [0.25, 0.3) is 11.4 Å². The van der Waals surface area contributed by atoms with E-state index in [9.17, 15) is 20.2 Å². The molecule has 160 valence electrons. The molecule has 0 aromatic heterocycles. The van der Waals surface area contributed by atoms with Crippen LogP contribution < -0.4 is 0 Å². The number of aryl methyl sites for hydroxylation is 1. The minimum Gasteiger partial charge on any atom is -0.392 e. The third-order valence-electron chi connectivity index (χ3n) is 4.75. The molecule has 0 aliphatic rings. The molecule has 0 heterocycles. The molecule has 0 aliphatic heterocycles. The van der Waals surface area contributed by atoms with Crippen molar-refractivity contribution in [1.29, 1.82) is 0 Å². The summed E-state index contributed by atoms with van der Waals surface area (Å²) in [5.74, 6) is 0. The highest BCUT2D eigenvalue weighted by atomic mass is 28.3. The Balaban J connectivity index is 1.76. The first kappa shape index (κ1) is 22.3. The van der Waals surface area contributed by atoms with Crippen molar-refractivity contribution in [3.05, 3.63) is 115 Å². The largest absolute Gasteiger partial charge is 0.392 e. The van der Waals surface area contributed by atoms with E-state index in [-0.39, 0.29) is 24.6 Å². The number of nitrogens with zero attached hydrogens (tertiary/aromatic N) is 2. The Morgan fingerprint density at radius 2 is 1.19 bits per heavy atom. The van der Waals surface area contributed by atoms with Crippen LogP contribution in [-0.2, 0) is 28.1 Å². The minimum atomic E-state index is -2.36. The summed E-state index contributed by atoms with van der Waals surface area (Å²) >= 11 is 0. The second kappa shape index (κ2) is 10.6. The van der Waals surface area contributed by atoms with Gasteiger partial charge in [-0.25, -0.2) is 0 Å². The third kappa shape index (κ3) is 6.29. The molecular formula is C22H22N2O6Si. The molecule has 8 nitrogen and oxygen atoms in total. The second-order valence-electron chi connectivity index (χ2n) is 7.01. The van der Waals surface area contributed by atoms with Crippen molar-refractivity contribution >= 4 is 20.7 Å². The van der Waals surface area contributed by atoms with Gasteiger partial charge in [0.15, 0.2) is 0 Å². The molecule has 9 heteroatoms. The molecule has 31 heavy (non-hydrogen) atoms. The summed E-state index contributed by atoms with van der Waals surface area (Å²) in [6.07, 6.45) is 0. The molecule has 0 amide bonds. The number of hydrogen-bond donors (Lipinski definition) is 0. The van der Waals surface area contributed by atoms with E-state index < -0.39 is 19.1 Å². The molecule has 0 unspecified atom stereocenters. The highest BCUT2D eigenvalue weighted by Crippen LogP contribution is 2.22. The predicted molar refractivity (Wildman–Crippen MR) is 118 cm³/mol. The van der Waals surface area contributed by atoms with Crippen LogP contribution in [0.25, 0.3) is 0 Å².